The summed E-state index contributed by atoms with van der Waals surface area (Å²) in [5.74, 6) is 1.06. The van der Waals surface area contributed by atoms with Crippen LogP contribution in [0.1, 0.15) is 18.7 Å². The third kappa shape index (κ3) is 2.71. The second-order valence-electron chi connectivity index (χ2n) is 5.30. The number of likely N-dealkylation sites (N-methyl/N-ethyl adjacent to an activating group) is 1. The maximum Gasteiger partial charge on any atom is 0.242 e. The number of hydrogen-bond acceptors (Lipinski definition) is 4. The number of carbonyl (C=O) groups is 1. The molecule has 20 heavy (non-hydrogen) atoms. The molecule has 0 bridgehead atoms. The Bertz CT molecular complexity index is 460. The Morgan fingerprint density at radius 1 is 1.55 bits per heavy atom. The van der Waals surface area contributed by atoms with E-state index in [4.69, 9.17) is 4.74 Å². The van der Waals surface area contributed by atoms with E-state index in [-0.39, 0.29) is 5.91 Å². The number of likely N-dealkylation sites (tertiary alicyclic amines) is 1. The summed E-state index contributed by atoms with van der Waals surface area (Å²) in [6, 6.07) is 0. The zero-order valence-electron chi connectivity index (χ0n) is 12.6. The van der Waals surface area contributed by atoms with Crippen LogP contribution < -0.4 is 5.32 Å². The summed E-state index contributed by atoms with van der Waals surface area (Å²) in [5.41, 5.74) is -0.516. The van der Waals surface area contributed by atoms with Crippen molar-refractivity contribution in [3.8, 4) is 0 Å². The van der Waals surface area contributed by atoms with Gasteiger partial charge in [-0.3, -0.25) is 9.69 Å². The molecule has 0 aromatic carbocycles. The number of nitrogens with zero attached hydrogens (tertiary/aromatic N) is 3. The van der Waals surface area contributed by atoms with Crippen LogP contribution in [0.5, 0.6) is 0 Å². The molecule has 2 heterocycles. The van der Waals surface area contributed by atoms with Gasteiger partial charge in [0.1, 0.15) is 11.4 Å². The van der Waals surface area contributed by atoms with Gasteiger partial charge < -0.3 is 14.6 Å². The predicted molar refractivity (Wildman–Crippen MR) is 76.4 cm³/mol. The Labute approximate surface area is 120 Å². The maximum absolute atomic E-state index is 12.3. The highest BCUT2D eigenvalue weighted by molar-refractivity contribution is 5.86. The van der Waals surface area contributed by atoms with Crippen LogP contribution in [0.25, 0.3) is 0 Å². The van der Waals surface area contributed by atoms with Crippen molar-refractivity contribution in [2.24, 2.45) is 0 Å². The van der Waals surface area contributed by atoms with Gasteiger partial charge in [0, 0.05) is 39.6 Å². The van der Waals surface area contributed by atoms with Crippen molar-refractivity contribution in [1.82, 2.24) is 19.8 Å². The van der Waals surface area contributed by atoms with E-state index in [1.54, 1.807) is 20.4 Å². The van der Waals surface area contributed by atoms with Crippen LogP contribution in [-0.4, -0.2) is 59.8 Å². The standard InChI is InChI=1S/C14H24N4O2/c1-12-16-6-8-17(12)9-10-18-7-4-5-14(18,11-20-3)13(19)15-2/h6,8H,4-5,7,9-11H2,1-3H3,(H,15,19). The number of nitrogens with one attached hydrogen (secondary N) is 1. The highest BCUT2D eigenvalue weighted by atomic mass is 16.5. The van der Waals surface area contributed by atoms with Crippen molar-refractivity contribution in [1.29, 1.82) is 0 Å². The normalized spacial score (nSPS) is 23.1. The van der Waals surface area contributed by atoms with Gasteiger partial charge in [-0.2, -0.15) is 0 Å². The summed E-state index contributed by atoms with van der Waals surface area (Å²) in [7, 11) is 3.34. The lowest BCUT2D eigenvalue weighted by atomic mass is 9.96. The highest BCUT2D eigenvalue weighted by Crippen LogP contribution is 2.30. The number of methoxy groups -OCH3 is 1. The summed E-state index contributed by atoms with van der Waals surface area (Å²) in [4.78, 5) is 18.8. The summed E-state index contributed by atoms with van der Waals surface area (Å²) in [6.07, 6.45) is 5.66. The minimum absolute atomic E-state index is 0.0548. The third-order valence-electron chi connectivity index (χ3n) is 4.19. The van der Waals surface area contributed by atoms with E-state index in [9.17, 15) is 4.79 Å². The Morgan fingerprint density at radius 2 is 2.35 bits per heavy atom. The van der Waals surface area contributed by atoms with Gasteiger partial charge in [0.15, 0.2) is 0 Å². The van der Waals surface area contributed by atoms with Crippen molar-refractivity contribution >= 4 is 5.91 Å². The Kier molecular flexibility index (Phi) is 4.77. The monoisotopic (exact) mass is 280 g/mol. The fourth-order valence-electron chi connectivity index (χ4n) is 3.09. The average molecular weight is 280 g/mol. The highest BCUT2D eigenvalue weighted by Gasteiger charge is 2.46. The largest absolute Gasteiger partial charge is 0.382 e. The van der Waals surface area contributed by atoms with Gasteiger partial charge in [0.05, 0.1) is 6.61 Å². The van der Waals surface area contributed by atoms with Crippen LogP contribution in [0, 0.1) is 6.92 Å². The molecular weight excluding hydrogens is 256 g/mol. The van der Waals surface area contributed by atoms with E-state index in [0.717, 1.165) is 38.3 Å². The molecule has 1 aliphatic rings. The molecule has 1 N–H and O–H groups in total. The van der Waals surface area contributed by atoms with E-state index in [1.807, 2.05) is 13.1 Å². The van der Waals surface area contributed by atoms with E-state index in [2.05, 4.69) is 19.8 Å². The van der Waals surface area contributed by atoms with Crippen molar-refractivity contribution in [2.75, 3.05) is 33.9 Å². The molecule has 1 saturated heterocycles. The Morgan fingerprint density at radius 3 is 2.95 bits per heavy atom. The molecule has 2 rings (SSSR count). The number of aryl methyl sites for hydroxylation is 1. The Hall–Kier alpha value is -1.40. The third-order valence-corrected chi connectivity index (χ3v) is 4.19. The topological polar surface area (TPSA) is 59.4 Å². The first kappa shape index (κ1) is 15.0. The van der Waals surface area contributed by atoms with Crippen LogP contribution in [0.2, 0.25) is 0 Å². The zero-order valence-corrected chi connectivity index (χ0v) is 12.6. The molecule has 1 aromatic rings. The second kappa shape index (κ2) is 6.37. The minimum Gasteiger partial charge on any atom is -0.382 e. The smallest absolute Gasteiger partial charge is 0.242 e. The molecule has 1 aliphatic heterocycles. The summed E-state index contributed by atoms with van der Waals surface area (Å²) in [6.45, 7) is 5.04. The van der Waals surface area contributed by atoms with E-state index in [1.165, 1.54) is 0 Å². The lowest BCUT2D eigenvalue weighted by molar-refractivity contribution is -0.134. The molecule has 0 aliphatic carbocycles. The molecule has 0 saturated carbocycles. The van der Waals surface area contributed by atoms with Gasteiger partial charge >= 0.3 is 0 Å². The lowest BCUT2D eigenvalue weighted by Gasteiger charge is -2.36. The molecule has 0 radical (unpaired) electrons. The van der Waals surface area contributed by atoms with Crippen molar-refractivity contribution in [2.45, 2.75) is 31.8 Å². The fourth-order valence-corrected chi connectivity index (χ4v) is 3.09. The van der Waals surface area contributed by atoms with Crippen LogP contribution in [-0.2, 0) is 16.1 Å². The first-order chi connectivity index (χ1) is 9.64. The minimum atomic E-state index is -0.516. The van der Waals surface area contributed by atoms with Gasteiger partial charge in [-0.05, 0) is 26.3 Å². The molecule has 1 aromatic heterocycles. The molecule has 112 valence electrons. The summed E-state index contributed by atoms with van der Waals surface area (Å²) in [5, 5.41) is 2.79. The van der Waals surface area contributed by atoms with Crippen LogP contribution in [0.3, 0.4) is 0 Å². The SMILES string of the molecule is CNC(=O)C1(COC)CCCN1CCn1ccnc1C. The van der Waals surface area contributed by atoms with Gasteiger partial charge in [-0.1, -0.05) is 0 Å². The second-order valence-corrected chi connectivity index (χ2v) is 5.30. The van der Waals surface area contributed by atoms with Crippen molar-refractivity contribution < 1.29 is 9.53 Å². The number of amides is 1. The number of rotatable bonds is 6. The number of carbonyl (C=O) groups excluding carboxylic acids is 1. The van der Waals surface area contributed by atoms with Gasteiger partial charge in [-0.25, -0.2) is 4.98 Å². The van der Waals surface area contributed by atoms with Gasteiger partial charge in [0.2, 0.25) is 5.91 Å². The Balaban J connectivity index is 2.08. The fraction of sp³-hybridized carbons (Fsp3) is 0.714. The molecule has 1 atom stereocenters. The first-order valence-corrected chi connectivity index (χ1v) is 7.08. The quantitative estimate of drug-likeness (QED) is 0.820. The first-order valence-electron chi connectivity index (χ1n) is 7.08. The number of aromatic nitrogens is 2. The molecule has 0 spiro atoms. The average Bonchev–Trinajstić information content (AvgIpc) is 3.03. The van der Waals surface area contributed by atoms with Crippen LogP contribution >= 0.6 is 0 Å². The maximum atomic E-state index is 12.3. The van der Waals surface area contributed by atoms with Crippen molar-refractivity contribution in [3.63, 3.8) is 0 Å². The molecule has 1 fully saturated rings. The summed E-state index contributed by atoms with van der Waals surface area (Å²) >= 11 is 0. The lowest BCUT2D eigenvalue weighted by Crippen LogP contribution is -2.58. The number of imidazole rings is 1. The number of ether oxygens (including phenoxy) is 1. The van der Waals surface area contributed by atoms with Crippen molar-refractivity contribution in [3.05, 3.63) is 18.2 Å². The number of hydrogen-bond donors (Lipinski definition) is 1. The summed E-state index contributed by atoms with van der Waals surface area (Å²) < 4.78 is 7.43. The predicted octanol–water partition coefficient (Wildman–Crippen LogP) is 0.419. The van der Waals surface area contributed by atoms with E-state index < -0.39 is 5.54 Å². The van der Waals surface area contributed by atoms with E-state index in [0.29, 0.717) is 6.61 Å². The van der Waals surface area contributed by atoms with E-state index >= 15 is 0 Å². The molecule has 1 amide bonds. The molecule has 6 heteroatoms. The van der Waals surface area contributed by atoms with Gasteiger partial charge in [-0.15, -0.1) is 0 Å². The molecule has 1 unspecified atom stereocenters. The molecular formula is C14H24N4O2. The van der Waals surface area contributed by atoms with Crippen LogP contribution in [0.4, 0.5) is 0 Å². The van der Waals surface area contributed by atoms with Crippen LogP contribution in [0.15, 0.2) is 12.4 Å². The zero-order chi connectivity index (χ0) is 14.6. The van der Waals surface area contributed by atoms with Gasteiger partial charge in [0.25, 0.3) is 0 Å². The molecule has 6 nitrogen and oxygen atoms in total.